The van der Waals surface area contributed by atoms with Crippen LogP contribution in [-0.2, 0) is 0 Å². The summed E-state index contributed by atoms with van der Waals surface area (Å²) in [7, 11) is 0. The average Bonchev–Trinajstić information content (AvgIpc) is 2.02. The summed E-state index contributed by atoms with van der Waals surface area (Å²) in [5, 5.41) is 0. The summed E-state index contributed by atoms with van der Waals surface area (Å²) in [6, 6.07) is 8.32. The van der Waals surface area contributed by atoms with Gasteiger partial charge in [-0.25, -0.2) is 0 Å². The number of hydrogen-bond donors (Lipinski definition) is 0. The molecule has 0 unspecified atom stereocenters. The zero-order valence-electron chi connectivity index (χ0n) is 8.34. The molecule has 0 saturated carbocycles. The second-order valence-electron chi connectivity index (χ2n) is 4.25. The minimum Gasteiger partial charge on any atom is -0.0785 e. The fraction of sp³-hybridized carbons (Fsp3) is 0.333. The topological polar surface area (TPSA) is 0 Å². The molecule has 1 rings (SSSR count). The van der Waals surface area contributed by atoms with Gasteiger partial charge < -0.3 is 0 Å². The van der Waals surface area contributed by atoms with Crippen LogP contribution in [0.3, 0.4) is 0 Å². The predicted molar refractivity (Wildman–Crippen MR) is 62.6 cm³/mol. The Morgan fingerprint density at radius 3 is 2.08 bits per heavy atom. The SMILES string of the molecule is CC(C)(C)/C=C/c1ccc(Br)cc1. The van der Waals surface area contributed by atoms with Gasteiger partial charge in [-0.05, 0) is 23.1 Å². The van der Waals surface area contributed by atoms with Gasteiger partial charge in [-0.1, -0.05) is 61.0 Å². The van der Waals surface area contributed by atoms with Crippen LogP contribution in [0.5, 0.6) is 0 Å². The molecule has 0 atom stereocenters. The third-order valence-corrected chi connectivity index (χ3v) is 2.17. The van der Waals surface area contributed by atoms with E-state index in [1.165, 1.54) is 5.56 Å². The van der Waals surface area contributed by atoms with Crippen molar-refractivity contribution in [1.29, 1.82) is 0 Å². The molecule has 0 fully saturated rings. The van der Waals surface area contributed by atoms with Crippen LogP contribution in [0.1, 0.15) is 26.3 Å². The maximum Gasteiger partial charge on any atom is 0.0175 e. The van der Waals surface area contributed by atoms with Crippen LogP contribution in [0, 0.1) is 5.41 Å². The largest absolute Gasteiger partial charge is 0.0785 e. The van der Waals surface area contributed by atoms with E-state index in [2.05, 4.69) is 73.1 Å². The van der Waals surface area contributed by atoms with E-state index in [9.17, 15) is 0 Å². The maximum absolute atomic E-state index is 3.41. The Morgan fingerprint density at radius 2 is 1.62 bits per heavy atom. The summed E-state index contributed by atoms with van der Waals surface area (Å²) in [4.78, 5) is 0. The molecule has 0 aliphatic heterocycles. The zero-order valence-corrected chi connectivity index (χ0v) is 9.93. The van der Waals surface area contributed by atoms with Gasteiger partial charge in [0.2, 0.25) is 0 Å². The van der Waals surface area contributed by atoms with Gasteiger partial charge in [0.25, 0.3) is 0 Å². The molecule has 0 amide bonds. The normalized spacial score (nSPS) is 12.3. The molecule has 0 aromatic heterocycles. The van der Waals surface area contributed by atoms with Gasteiger partial charge in [0.05, 0.1) is 0 Å². The quantitative estimate of drug-likeness (QED) is 0.676. The van der Waals surface area contributed by atoms with E-state index in [1.807, 2.05) is 0 Å². The molecule has 0 radical (unpaired) electrons. The number of hydrogen-bond acceptors (Lipinski definition) is 0. The highest BCUT2D eigenvalue weighted by Gasteiger charge is 2.02. The van der Waals surface area contributed by atoms with E-state index in [-0.39, 0.29) is 5.41 Å². The van der Waals surface area contributed by atoms with Crippen molar-refractivity contribution in [2.24, 2.45) is 5.41 Å². The van der Waals surface area contributed by atoms with Gasteiger partial charge in [-0.3, -0.25) is 0 Å². The van der Waals surface area contributed by atoms with E-state index >= 15 is 0 Å². The Labute approximate surface area is 88.8 Å². The van der Waals surface area contributed by atoms with Gasteiger partial charge in [0.1, 0.15) is 0 Å². The molecule has 0 N–H and O–H groups in total. The minimum atomic E-state index is 0.257. The smallest absolute Gasteiger partial charge is 0.0175 e. The van der Waals surface area contributed by atoms with Gasteiger partial charge in [-0.15, -0.1) is 0 Å². The fourth-order valence-corrected chi connectivity index (χ4v) is 1.18. The monoisotopic (exact) mass is 238 g/mol. The summed E-state index contributed by atoms with van der Waals surface area (Å²) < 4.78 is 1.13. The fourth-order valence-electron chi connectivity index (χ4n) is 0.920. The van der Waals surface area contributed by atoms with Gasteiger partial charge in [-0.2, -0.15) is 0 Å². The van der Waals surface area contributed by atoms with Crippen molar-refractivity contribution in [2.75, 3.05) is 0 Å². The standard InChI is InChI=1S/C12H15Br/c1-12(2,3)9-8-10-4-6-11(13)7-5-10/h4-9H,1-3H3/b9-8+. The summed E-state index contributed by atoms with van der Waals surface area (Å²) in [5.41, 5.74) is 1.51. The lowest BCUT2D eigenvalue weighted by Crippen LogP contribution is -1.97. The third kappa shape index (κ3) is 4.28. The number of benzene rings is 1. The molecular weight excluding hydrogens is 224 g/mol. The second kappa shape index (κ2) is 4.10. The van der Waals surface area contributed by atoms with Crippen molar-refractivity contribution < 1.29 is 0 Å². The van der Waals surface area contributed by atoms with E-state index in [1.54, 1.807) is 0 Å². The number of allylic oxidation sites excluding steroid dienone is 1. The molecule has 13 heavy (non-hydrogen) atoms. The molecule has 1 aromatic rings. The Hall–Kier alpha value is -0.560. The molecule has 70 valence electrons. The highest BCUT2D eigenvalue weighted by molar-refractivity contribution is 9.10. The third-order valence-electron chi connectivity index (χ3n) is 1.65. The lowest BCUT2D eigenvalue weighted by Gasteiger charge is -2.10. The predicted octanol–water partition coefficient (Wildman–Crippen LogP) is 4.51. The highest BCUT2D eigenvalue weighted by Crippen LogP contribution is 2.18. The van der Waals surface area contributed by atoms with Crippen molar-refractivity contribution in [3.8, 4) is 0 Å². The van der Waals surface area contributed by atoms with Crippen LogP contribution in [0.2, 0.25) is 0 Å². The summed E-state index contributed by atoms with van der Waals surface area (Å²) in [6.07, 6.45) is 4.38. The summed E-state index contributed by atoms with van der Waals surface area (Å²) in [6.45, 7) is 6.59. The first-order chi connectivity index (χ1) is 5.97. The van der Waals surface area contributed by atoms with Crippen LogP contribution >= 0.6 is 15.9 Å². The lowest BCUT2D eigenvalue weighted by atomic mass is 9.95. The van der Waals surface area contributed by atoms with Crippen LogP contribution in [0.25, 0.3) is 6.08 Å². The minimum absolute atomic E-state index is 0.257. The van der Waals surface area contributed by atoms with E-state index in [0.717, 1.165) is 4.47 Å². The number of halogens is 1. The van der Waals surface area contributed by atoms with E-state index in [0.29, 0.717) is 0 Å². The van der Waals surface area contributed by atoms with Crippen molar-refractivity contribution >= 4 is 22.0 Å². The first-order valence-electron chi connectivity index (χ1n) is 4.42. The van der Waals surface area contributed by atoms with Crippen LogP contribution in [0.4, 0.5) is 0 Å². The van der Waals surface area contributed by atoms with Gasteiger partial charge >= 0.3 is 0 Å². The average molecular weight is 239 g/mol. The van der Waals surface area contributed by atoms with E-state index in [4.69, 9.17) is 0 Å². The lowest BCUT2D eigenvalue weighted by molar-refractivity contribution is 0.547. The van der Waals surface area contributed by atoms with Gasteiger partial charge in [0, 0.05) is 4.47 Å². The first-order valence-corrected chi connectivity index (χ1v) is 5.21. The molecule has 1 heteroatoms. The zero-order chi connectivity index (χ0) is 9.90. The van der Waals surface area contributed by atoms with Crippen molar-refractivity contribution in [3.63, 3.8) is 0 Å². The maximum atomic E-state index is 3.41. The Balaban J connectivity index is 2.75. The second-order valence-corrected chi connectivity index (χ2v) is 5.17. The van der Waals surface area contributed by atoms with Crippen LogP contribution in [0.15, 0.2) is 34.8 Å². The van der Waals surface area contributed by atoms with Crippen LogP contribution in [-0.4, -0.2) is 0 Å². The number of rotatable bonds is 1. The molecule has 0 saturated heterocycles. The molecule has 1 aromatic carbocycles. The van der Waals surface area contributed by atoms with Crippen LogP contribution < -0.4 is 0 Å². The van der Waals surface area contributed by atoms with Crippen molar-refractivity contribution in [1.82, 2.24) is 0 Å². The molecule has 0 aliphatic rings. The van der Waals surface area contributed by atoms with Crippen molar-refractivity contribution in [3.05, 3.63) is 40.4 Å². The van der Waals surface area contributed by atoms with Gasteiger partial charge in [0.15, 0.2) is 0 Å². The summed E-state index contributed by atoms with van der Waals surface area (Å²) >= 11 is 3.41. The molecule has 0 aliphatic carbocycles. The molecule has 0 nitrogen and oxygen atoms in total. The summed E-state index contributed by atoms with van der Waals surface area (Å²) in [5.74, 6) is 0. The molecular formula is C12H15Br. The highest BCUT2D eigenvalue weighted by atomic mass is 79.9. The first kappa shape index (κ1) is 10.5. The molecule has 0 bridgehead atoms. The van der Waals surface area contributed by atoms with E-state index < -0.39 is 0 Å². The Bertz CT molecular complexity index is 288. The molecule has 0 spiro atoms. The Kier molecular flexibility index (Phi) is 3.32. The van der Waals surface area contributed by atoms with Crippen molar-refractivity contribution in [2.45, 2.75) is 20.8 Å². The molecule has 0 heterocycles. The Morgan fingerprint density at radius 1 is 1.08 bits per heavy atom.